The van der Waals surface area contributed by atoms with Gasteiger partial charge in [-0.3, -0.25) is 9.38 Å². The Balaban J connectivity index is 2.09. The number of hydrogen-bond acceptors (Lipinski definition) is 5. The van der Waals surface area contributed by atoms with Crippen LogP contribution in [0.4, 0.5) is 0 Å². The van der Waals surface area contributed by atoms with Gasteiger partial charge in [-0.25, -0.2) is 0 Å². The third kappa shape index (κ3) is 1.55. The summed E-state index contributed by atoms with van der Waals surface area (Å²) in [4.78, 5) is 3.94. The van der Waals surface area contributed by atoms with E-state index in [1.807, 2.05) is 0 Å². The van der Waals surface area contributed by atoms with E-state index in [1.54, 1.807) is 16.8 Å². The van der Waals surface area contributed by atoms with Crippen molar-refractivity contribution < 1.29 is 9.47 Å². The molecule has 0 aliphatic carbocycles. The monoisotopic (exact) mass is 240 g/mol. The van der Waals surface area contributed by atoms with Crippen LogP contribution in [0.1, 0.15) is 11.9 Å². The van der Waals surface area contributed by atoms with E-state index in [4.69, 9.17) is 21.1 Å². The Hall–Kier alpha value is -1.24. The zero-order valence-electron chi connectivity index (χ0n) is 8.34. The summed E-state index contributed by atoms with van der Waals surface area (Å²) in [7, 11) is 0. The standard InChI is InChI=1S/C9H9ClN4O2/c10-7-3-11-4-8-12-13-9(14(7)8)6-5-15-1-2-16-6/h3-4,6H,1-2,5H2. The number of rotatable bonds is 1. The van der Waals surface area contributed by atoms with E-state index >= 15 is 0 Å². The summed E-state index contributed by atoms with van der Waals surface area (Å²) < 4.78 is 12.6. The Kier molecular flexibility index (Phi) is 2.47. The fraction of sp³-hybridized carbons (Fsp3) is 0.444. The highest BCUT2D eigenvalue weighted by Gasteiger charge is 2.23. The maximum absolute atomic E-state index is 6.05. The minimum absolute atomic E-state index is 0.219. The van der Waals surface area contributed by atoms with Gasteiger partial charge in [0, 0.05) is 0 Å². The molecule has 0 bridgehead atoms. The van der Waals surface area contributed by atoms with E-state index in [2.05, 4.69) is 15.2 Å². The van der Waals surface area contributed by atoms with Crippen molar-refractivity contribution >= 4 is 17.2 Å². The van der Waals surface area contributed by atoms with Crippen LogP contribution in [0.3, 0.4) is 0 Å². The molecule has 1 saturated heterocycles. The van der Waals surface area contributed by atoms with Crippen LogP contribution in [0.5, 0.6) is 0 Å². The number of ether oxygens (including phenoxy) is 2. The summed E-state index contributed by atoms with van der Waals surface area (Å²) in [6.07, 6.45) is 2.93. The molecule has 3 rings (SSSR count). The molecular formula is C9H9ClN4O2. The van der Waals surface area contributed by atoms with Gasteiger partial charge in [0.2, 0.25) is 0 Å². The SMILES string of the molecule is Clc1cncc2nnc(C3COCCO3)n12. The second-order valence-electron chi connectivity index (χ2n) is 3.42. The van der Waals surface area contributed by atoms with Crippen LogP contribution in [-0.4, -0.2) is 39.4 Å². The molecule has 1 aliphatic rings. The predicted molar refractivity (Wildman–Crippen MR) is 55.3 cm³/mol. The van der Waals surface area contributed by atoms with Crippen molar-refractivity contribution in [1.29, 1.82) is 0 Å². The number of halogens is 1. The summed E-state index contributed by atoms with van der Waals surface area (Å²) >= 11 is 6.05. The summed E-state index contributed by atoms with van der Waals surface area (Å²) in [5.74, 6) is 0.655. The van der Waals surface area contributed by atoms with Crippen LogP contribution in [-0.2, 0) is 9.47 Å². The molecule has 3 heterocycles. The van der Waals surface area contributed by atoms with E-state index in [1.165, 1.54) is 0 Å². The van der Waals surface area contributed by atoms with Crippen LogP contribution in [0.25, 0.3) is 5.65 Å². The molecular weight excluding hydrogens is 232 g/mol. The summed E-state index contributed by atoms with van der Waals surface area (Å²) in [6, 6.07) is 0. The first-order valence-corrected chi connectivity index (χ1v) is 5.28. The molecule has 1 fully saturated rings. The van der Waals surface area contributed by atoms with E-state index in [-0.39, 0.29) is 6.10 Å². The van der Waals surface area contributed by atoms with Gasteiger partial charge in [-0.2, -0.15) is 0 Å². The molecule has 2 aromatic rings. The molecule has 0 radical (unpaired) electrons. The fourth-order valence-electron chi connectivity index (χ4n) is 1.68. The molecule has 0 spiro atoms. The van der Waals surface area contributed by atoms with E-state index < -0.39 is 0 Å². The Bertz CT molecular complexity index is 509. The second kappa shape index (κ2) is 3.97. The van der Waals surface area contributed by atoms with Crippen molar-refractivity contribution in [3.8, 4) is 0 Å². The van der Waals surface area contributed by atoms with Gasteiger partial charge < -0.3 is 9.47 Å². The van der Waals surface area contributed by atoms with Crippen molar-refractivity contribution in [1.82, 2.24) is 19.6 Å². The molecule has 1 unspecified atom stereocenters. The fourth-order valence-corrected chi connectivity index (χ4v) is 1.91. The Morgan fingerprint density at radius 2 is 2.25 bits per heavy atom. The van der Waals surface area contributed by atoms with Gasteiger partial charge in [0.05, 0.1) is 32.2 Å². The quantitative estimate of drug-likeness (QED) is 0.740. The first kappa shape index (κ1) is 9.95. The first-order chi connectivity index (χ1) is 7.86. The number of hydrogen-bond donors (Lipinski definition) is 0. The first-order valence-electron chi connectivity index (χ1n) is 4.90. The van der Waals surface area contributed by atoms with Crippen LogP contribution in [0.2, 0.25) is 5.15 Å². The number of nitrogens with zero attached hydrogens (tertiary/aromatic N) is 4. The lowest BCUT2D eigenvalue weighted by Gasteiger charge is -2.21. The topological polar surface area (TPSA) is 61.5 Å². The summed E-state index contributed by atoms with van der Waals surface area (Å²) in [5.41, 5.74) is 0.608. The maximum Gasteiger partial charge on any atom is 0.180 e. The Morgan fingerprint density at radius 3 is 3.06 bits per heavy atom. The largest absolute Gasteiger partial charge is 0.376 e. The molecule has 0 aromatic carbocycles. The molecule has 2 aromatic heterocycles. The lowest BCUT2D eigenvalue weighted by atomic mass is 10.3. The third-order valence-electron chi connectivity index (χ3n) is 2.40. The zero-order valence-corrected chi connectivity index (χ0v) is 9.09. The van der Waals surface area contributed by atoms with E-state index in [0.717, 1.165) is 0 Å². The van der Waals surface area contributed by atoms with Crippen molar-refractivity contribution in [3.05, 3.63) is 23.4 Å². The van der Waals surface area contributed by atoms with Gasteiger partial charge >= 0.3 is 0 Å². The predicted octanol–water partition coefficient (Wildman–Crippen LogP) is 0.866. The highest BCUT2D eigenvalue weighted by Crippen LogP contribution is 2.22. The molecule has 16 heavy (non-hydrogen) atoms. The number of aromatic nitrogens is 4. The van der Waals surface area contributed by atoms with Crippen molar-refractivity contribution in [2.45, 2.75) is 6.10 Å². The van der Waals surface area contributed by atoms with Gasteiger partial charge in [0.1, 0.15) is 11.3 Å². The zero-order chi connectivity index (χ0) is 11.0. The minimum atomic E-state index is -0.219. The third-order valence-corrected chi connectivity index (χ3v) is 2.67. The molecule has 7 heteroatoms. The van der Waals surface area contributed by atoms with Crippen LogP contribution >= 0.6 is 11.6 Å². The van der Waals surface area contributed by atoms with Crippen LogP contribution in [0, 0.1) is 0 Å². The molecule has 6 nitrogen and oxygen atoms in total. The Labute approximate surface area is 96.2 Å². The van der Waals surface area contributed by atoms with Gasteiger partial charge in [-0.15, -0.1) is 10.2 Å². The highest BCUT2D eigenvalue weighted by molar-refractivity contribution is 6.29. The van der Waals surface area contributed by atoms with Crippen LogP contribution < -0.4 is 0 Å². The summed E-state index contributed by atoms with van der Waals surface area (Å²) in [6.45, 7) is 1.64. The lowest BCUT2D eigenvalue weighted by molar-refractivity contribution is -0.0938. The molecule has 84 valence electrons. The van der Waals surface area contributed by atoms with Crippen molar-refractivity contribution in [2.24, 2.45) is 0 Å². The molecule has 1 aliphatic heterocycles. The average molecular weight is 241 g/mol. The second-order valence-corrected chi connectivity index (χ2v) is 3.80. The highest BCUT2D eigenvalue weighted by atomic mass is 35.5. The summed E-state index contributed by atoms with van der Waals surface area (Å²) in [5, 5.41) is 8.51. The average Bonchev–Trinajstić information content (AvgIpc) is 2.75. The van der Waals surface area contributed by atoms with Gasteiger partial charge in [0.15, 0.2) is 11.5 Å². The van der Waals surface area contributed by atoms with Gasteiger partial charge in [-0.05, 0) is 0 Å². The number of fused-ring (bicyclic) bond motifs is 1. The minimum Gasteiger partial charge on any atom is -0.376 e. The smallest absolute Gasteiger partial charge is 0.180 e. The molecule has 0 amide bonds. The van der Waals surface area contributed by atoms with Gasteiger partial charge in [-0.1, -0.05) is 11.6 Å². The molecule has 1 atom stereocenters. The van der Waals surface area contributed by atoms with E-state index in [0.29, 0.717) is 36.4 Å². The normalized spacial score (nSPS) is 21.4. The molecule has 0 saturated carbocycles. The molecule has 0 N–H and O–H groups in total. The van der Waals surface area contributed by atoms with Crippen molar-refractivity contribution in [3.63, 3.8) is 0 Å². The van der Waals surface area contributed by atoms with Crippen LogP contribution in [0.15, 0.2) is 12.4 Å². The maximum atomic E-state index is 6.05. The lowest BCUT2D eigenvalue weighted by Crippen LogP contribution is -2.23. The van der Waals surface area contributed by atoms with Gasteiger partial charge in [0.25, 0.3) is 0 Å². The van der Waals surface area contributed by atoms with E-state index in [9.17, 15) is 0 Å². The van der Waals surface area contributed by atoms with Crippen molar-refractivity contribution in [2.75, 3.05) is 19.8 Å². The Morgan fingerprint density at radius 1 is 1.31 bits per heavy atom.